The number of halogens is 1. The van der Waals surface area contributed by atoms with E-state index in [2.05, 4.69) is 0 Å². The van der Waals surface area contributed by atoms with Gasteiger partial charge in [-0.3, -0.25) is 4.79 Å². The summed E-state index contributed by atoms with van der Waals surface area (Å²) in [5.41, 5.74) is 0.627. The third-order valence-corrected chi connectivity index (χ3v) is 1.67. The van der Waals surface area contributed by atoms with Crippen LogP contribution in [0.4, 0.5) is 0 Å². The fourth-order valence-corrected chi connectivity index (χ4v) is 1.27. The van der Waals surface area contributed by atoms with Gasteiger partial charge in [0.05, 0.1) is 0 Å². The van der Waals surface area contributed by atoms with Crippen LogP contribution in [0.15, 0.2) is 11.6 Å². The zero-order chi connectivity index (χ0) is 11.4. The summed E-state index contributed by atoms with van der Waals surface area (Å²) in [6.07, 6.45) is 1.28. The van der Waals surface area contributed by atoms with Crippen LogP contribution < -0.4 is 0 Å². The van der Waals surface area contributed by atoms with Gasteiger partial charge in [0.1, 0.15) is 11.5 Å². The van der Waals surface area contributed by atoms with E-state index in [4.69, 9.17) is 33.7 Å². The highest BCUT2D eigenvalue weighted by molar-refractivity contribution is 7.80. The van der Waals surface area contributed by atoms with Gasteiger partial charge in [-0.2, -0.15) is 0 Å². The van der Waals surface area contributed by atoms with Crippen LogP contribution in [0.2, 0.25) is 0 Å². The molecule has 0 aliphatic carbocycles. The van der Waals surface area contributed by atoms with Crippen LogP contribution in [0.1, 0.15) is 20.8 Å². The number of carboxylic acids is 1. The predicted molar refractivity (Wildman–Crippen MR) is 59.6 cm³/mol. The Balaban J connectivity index is 4.54. The number of carbonyl (C=O) groups is 1. The van der Waals surface area contributed by atoms with Gasteiger partial charge < -0.3 is 9.84 Å². The lowest BCUT2D eigenvalue weighted by atomic mass is 10.1. The highest BCUT2D eigenvalue weighted by Gasteiger charge is 2.25. The molecule has 0 aromatic carbocycles. The van der Waals surface area contributed by atoms with E-state index in [9.17, 15) is 4.79 Å². The Hall–Kier alpha value is -0.610. The molecule has 0 bridgehead atoms. The average molecular weight is 237 g/mol. The van der Waals surface area contributed by atoms with Crippen LogP contribution >= 0.6 is 23.8 Å². The Labute approximate surface area is 93.7 Å². The minimum Gasteiger partial charge on any atom is -0.480 e. The van der Waals surface area contributed by atoms with Crippen LogP contribution in [0.25, 0.3) is 0 Å². The predicted octanol–water partition coefficient (Wildman–Crippen LogP) is 2.58. The van der Waals surface area contributed by atoms with Crippen molar-refractivity contribution >= 4 is 34.8 Å². The molecule has 0 aliphatic heterocycles. The molecule has 1 unspecified atom stereocenters. The van der Waals surface area contributed by atoms with E-state index >= 15 is 0 Å². The maximum absolute atomic E-state index is 10.7. The van der Waals surface area contributed by atoms with E-state index in [0.717, 1.165) is 5.54 Å². The minimum atomic E-state index is -1.07. The number of hydrogen-bond donors (Lipinski definition) is 1. The molecule has 1 N–H and O–H groups in total. The van der Waals surface area contributed by atoms with Crippen LogP contribution in [-0.2, 0) is 9.53 Å². The molecule has 0 aliphatic rings. The first-order chi connectivity index (χ1) is 6.28. The Morgan fingerprint density at radius 1 is 1.57 bits per heavy atom. The maximum atomic E-state index is 10.7. The summed E-state index contributed by atoms with van der Waals surface area (Å²) in [5.74, 6) is -2.04. The summed E-state index contributed by atoms with van der Waals surface area (Å²) in [5, 5.41) is 8.81. The van der Waals surface area contributed by atoms with Gasteiger partial charge in [-0.05, 0) is 33.0 Å². The molecule has 0 fully saturated rings. The van der Waals surface area contributed by atoms with E-state index in [0.29, 0.717) is 0 Å². The lowest BCUT2D eigenvalue weighted by Crippen LogP contribution is -2.30. The molecule has 1 atom stereocenters. The van der Waals surface area contributed by atoms with Gasteiger partial charge in [0.25, 0.3) is 0 Å². The monoisotopic (exact) mass is 236 g/mol. The van der Waals surface area contributed by atoms with Crippen molar-refractivity contribution in [2.75, 3.05) is 0 Å². The van der Waals surface area contributed by atoms with Crippen molar-refractivity contribution in [1.29, 1.82) is 0 Å². The summed E-state index contributed by atoms with van der Waals surface area (Å²) >= 11 is 10.1. The van der Waals surface area contributed by atoms with Gasteiger partial charge >= 0.3 is 5.97 Å². The van der Waals surface area contributed by atoms with E-state index < -0.39 is 17.5 Å². The molecule has 14 heavy (non-hydrogen) atoms. The Kier molecular flexibility index (Phi) is 5.08. The maximum Gasteiger partial charge on any atom is 0.319 e. The first kappa shape index (κ1) is 13.4. The number of aliphatic carboxylic acids is 1. The lowest BCUT2D eigenvalue weighted by Gasteiger charge is -2.23. The van der Waals surface area contributed by atoms with E-state index in [-0.39, 0.29) is 5.05 Å². The van der Waals surface area contributed by atoms with Crippen molar-refractivity contribution in [1.82, 2.24) is 0 Å². The summed E-state index contributed by atoms with van der Waals surface area (Å²) in [7, 11) is 0. The second-order valence-electron chi connectivity index (χ2n) is 3.67. The zero-order valence-corrected chi connectivity index (χ0v) is 9.85. The number of rotatable bonds is 3. The van der Waals surface area contributed by atoms with Crippen LogP contribution in [0.5, 0.6) is 0 Å². The average Bonchev–Trinajstić information content (AvgIpc) is 1.95. The van der Waals surface area contributed by atoms with Crippen molar-refractivity contribution in [2.24, 2.45) is 5.92 Å². The topological polar surface area (TPSA) is 46.5 Å². The normalized spacial score (nSPS) is 14.0. The Bertz CT molecular complexity index is 255. The van der Waals surface area contributed by atoms with E-state index in [1.807, 2.05) is 0 Å². The van der Waals surface area contributed by atoms with Crippen molar-refractivity contribution in [3.8, 4) is 0 Å². The standard InChI is InChI=1S/C9H13ClO3S/c1-9(2,3)13-8(14)6(4-5-10)7(11)12/h4-6H,1-3H3,(H,11,12). The van der Waals surface area contributed by atoms with Crippen LogP contribution in [-0.4, -0.2) is 21.7 Å². The molecular formula is C9H13ClO3S. The quantitative estimate of drug-likeness (QED) is 0.766. The molecular weight excluding hydrogens is 224 g/mol. The first-order valence-electron chi connectivity index (χ1n) is 4.00. The molecule has 0 aromatic rings. The van der Waals surface area contributed by atoms with Crippen molar-refractivity contribution in [2.45, 2.75) is 26.4 Å². The Morgan fingerprint density at radius 3 is 2.36 bits per heavy atom. The van der Waals surface area contributed by atoms with E-state index in [1.54, 1.807) is 20.8 Å². The fraction of sp³-hybridized carbons (Fsp3) is 0.556. The first-order valence-corrected chi connectivity index (χ1v) is 4.85. The number of ether oxygens (including phenoxy) is 1. The number of carboxylic acid groups (broad SMARTS) is 1. The summed E-state index contributed by atoms with van der Waals surface area (Å²) in [6, 6.07) is 0. The molecule has 0 rings (SSSR count). The molecule has 5 heteroatoms. The van der Waals surface area contributed by atoms with E-state index in [1.165, 1.54) is 6.08 Å². The van der Waals surface area contributed by atoms with Crippen molar-refractivity contribution in [3.63, 3.8) is 0 Å². The third-order valence-electron chi connectivity index (χ3n) is 1.19. The Morgan fingerprint density at radius 2 is 2.07 bits per heavy atom. The molecule has 0 saturated carbocycles. The minimum absolute atomic E-state index is 0.0156. The van der Waals surface area contributed by atoms with Crippen LogP contribution in [0.3, 0.4) is 0 Å². The largest absolute Gasteiger partial charge is 0.480 e. The highest BCUT2D eigenvalue weighted by Crippen LogP contribution is 2.14. The van der Waals surface area contributed by atoms with Gasteiger partial charge in [0, 0.05) is 5.54 Å². The third kappa shape index (κ3) is 5.19. The number of thiocarbonyl (C=S) groups is 1. The van der Waals surface area contributed by atoms with Gasteiger partial charge in [-0.25, -0.2) is 0 Å². The van der Waals surface area contributed by atoms with Crippen LogP contribution in [0, 0.1) is 5.92 Å². The fourth-order valence-electron chi connectivity index (χ4n) is 0.700. The van der Waals surface area contributed by atoms with Crippen molar-refractivity contribution < 1.29 is 14.6 Å². The number of hydrogen-bond acceptors (Lipinski definition) is 3. The SMILES string of the molecule is CC(C)(C)OC(=S)C(C=CCl)C(=O)O. The molecule has 0 saturated heterocycles. The molecule has 80 valence electrons. The lowest BCUT2D eigenvalue weighted by molar-refractivity contribution is -0.138. The zero-order valence-electron chi connectivity index (χ0n) is 8.28. The summed E-state index contributed by atoms with van der Waals surface area (Å²) < 4.78 is 5.25. The summed E-state index contributed by atoms with van der Waals surface area (Å²) in [4.78, 5) is 10.7. The smallest absolute Gasteiger partial charge is 0.319 e. The summed E-state index contributed by atoms with van der Waals surface area (Å²) in [6.45, 7) is 5.38. The van der Waals surface area contributed by atoms with Crippen molar-refractivity contribution in [3.05, 3.63) is 11.6 Å². The molecule has 0 aromatic heterocycles. The van der Waals surface area contributed by atoms with Gasteiger partial charge in [-0.1, -0.05) is 17.7 Å². The second-order valence-corrected chi connectivity index (χ2v) is 4.32. The highest BCUT2D eigenvalue weighted by atomic mass is 35.5. The molecule has 0 heterocycles. The molecule has 0 amide bonds. The molecule has 0 radical (unpaired) electrons. The molecule has 3 nitrogen and oxygen atoms in total. The van der Waals surface area contributed by atoms with Gasteiger partial charge in [-0.15, -0.1) is 0 Å². The second kappa shape index (κ2) is 5.32. The van der Waals surface area contributed by atoms with Gasteiger partial charge in [0.15, 0.2) is 5.05 Å². The van der Waals surface area contributed by atoms with Gasteiger partial charge in [0.2, 0.25) is 0 Å². The molecule has 0 spiro atoms.